The van der Waals surface area contributed by atoms with Gasteiger partial charge >= 0.3 is 0 Å². The van der Waals surface area contributed by atoms with E-state index in [9.17, 15) is 0 Å². The van der Waals surface area contributed by atoms with Crippen LogP contribution in [0.3, 0.4) is 0 Å². The third-order valence-electron chi connectivity index (χ3n) is 2.49. The number of nitrogens with zero attached hydrogens (tertiary/aromatic N) is 3. The molecule has 1 heterocycles. The molecule has 1 aromatic heterocycles. The molecule has 0 spiro atoms. The molecule has 0 aliphatic heterocycles. The maximum absolute atomic E-state index is 5.03. The first-order valence-corrected chi connectivity index (χ1v) is 6.58. The molecule has 0 saturated carbocycles. The molecule has 0 amide bonds. The number of nitrogens with one attached hydrogen (secondary N) is 2. The Labute approximate surface area is 116 Å². The summed E-state index contributed by atoms with van der Waals surface area (Å²) in [5.74, 6) is 1.58. The van der Waals surface area contributed by atoms with Crippen LogP contribution < -0.4 is 10.6 Å². The largest absolute Gasteiger partial charge is 0.383 e. The van der Waals surface area contributed by atoms with Gasteiger partial charge in [-0.05, 0) is 23.0 Å². The molecule has 0 fully saturated rings. The summed E-state index contributed by atoms with van der Waals surface area (Å²) in [5.41, 5.74) is 0. The van der Waals surface area contributed by atoms with Gasteiger partial charge in [0.05, 0.1) is 6.61 Å². The standard InChI is InChI=1S/C11H20BrN5O/c1-13-10-9(12)11(16-8-15-10)14-4-5-17(2)6-7-18-3/h8H,4-7H2,1-3H3,(H2,13,14,15,16). The number of aromatic nitrogens is 2. The second kappa shape index (κ2) is 8.23. The van der Waals surface area contributed by atoms with E-state index in [1.165, 1.54) is 6.33 Å². The molecule has 2 N–H and O–H groups in total. The SMILES string of the molecule is CNc1ncnc(NCCN(C)CCOC)c1Br. The van der Waals surface area contributed by atoms with Gasteiger partial charge in [0.15, 0.2) is 0 Å². The zero-order valence-corrected chi connectivity index (χ0v) is 12.6. The molecule has 0 atom stereocenters. The summed E-state index contributed by atoms with van der Waals surface area (Å²) in [7, 11) is 5.60. The van der Waals surface area contributed by atoms with Gasteiger partial charge in [-0.25, -0.2) is 9.97 Å². The van der Waals surface area contributed by atoms with E-state index in [0.29, 0.717) is 0 Å². The van der Waals surface area contributed by atoms with E-state index in [-0.39, 0.29) is 0 Å². The number of anilines is 2. The number of ether oxygens (including phenoxy) is 1. The van der Waals surface area contributed by atoms with Crippen molar-refractivity contribution in [2.45, 2.75) is 0 Å². The minimum atomic E-state index is 0.748. The summed E-state index contributed by atoms with van der Waals surface area (Å²) in [5, 5.41) is 6.27. The average Bonchev–Trinajstić information content (AvgIpc) is 2.38. The van der Waals surface area contributed by atoms with E-state index in [4.69, 9.17) is 4.74 Å². The molecule has 1 aromatic rings. The lowest BCUT2D eigenvalue weighted by atomic mass is 10.4. The Kier molecular flexibility index (Phi) is 6.92. The lowest BCUT2D eigenvalue weighted by Crippen LogP contribution is -2.28. The molecule has 7 heteroatoms. The smallest absolute Gasteiger partial charge is 0.145 e. The Morgan fingerprint density at radius 3 is 2.72 bits per heavy atom. The molecule has 1 rings (SSSR count). The fourth-order valence-corrected chi connectivity index (χ4v) is 1.93. The van der Waals surface area contributed by atoms with Crippen LogP contribution in [-0.4, -0.2) is 62.3 Å². The Balaban J connectivity index is 2.39. The van der Waals surface area contributed by atoms with E-state index in [1.807, 2.05) is 7.05 Å². The van der Waals surface area contributed by atoms with E-state index < -0.39 is 0 Å². The zero-order valence-electron chi connectivity index (χ0n) is 11.0. The van der Waals surface area contributed by atoms with Crippen LogP contribution in [0.2, 0.25) is 0 Å². The molecule has 0 aromatic carbocycles. The predicted molar refractivity (Wildman–Crippen MR) is 77.1 cm³/mol. The normalized spacial score (nSPS) is 10.7. The van der Waals surface area contributed by atoms with Crippen molar-refractivity contribution in [1.82, 2.24) is 14.9 Å². The quantitative estimate of drug-likeness (QED) is 0.753. The molecule has 18 heavy (non-hydrogen) atoms. The monoisotopic (exact) mass is 317 g/mol. The summed E-state index contributed by atoms with van der Waals surface area (Å²) in [6.07, 6.45) is 1.54. The fraction of sp³-hybridized carbons (Fsp3) is 0.636. The Morgan fingerprint density at radius 1 is 1.33 bits per heavy atom. The summed E-state index contributed by atoms with van der Waals surface area (Å²) in [4.78, 5) is 10.5. The van der Waals surface area contributed by atoms with E-state index in [1.54, 1.807) is 7.11 Å². The summed E-state index contributed by atoms with van der Waals surface area (Å²) in [6.45, 7) is 3.41. The van der Waals surface area contributed by atoms with E-state index >= 15 is 0 Å². The first kappa shape index (κ1) is 15.1. The van der Waals surface area contributed by atoms with Crippen molar-refractivity contribution in [1.29, 1.82) is 0 Å². The van der Waals surface area contributed by atoms with Crippen LogP contribution in [-0.2, 0) is 4.74 Å². The maximum Gasteiger partial charge on any atom is 0.145 e. The van der Waals surface area contributed by atoms with Crippen LogP contribution in [0.5, 0.6) is 0 Å². The highest BCUT2D eigenvalue weighted by atomic mass is 79.9. The van der Waals surface area contributed by atoms with Crippen molar-refractivity contribution in [2.75, 3.05) is 58.1 Å². The Bertz CT molecular complexity index is 363. The van der Waals surface area contributed by atoms with E-state index in [2.05, 4.69) is 48.5 Å². The van der Waals surface area contributed by atoms with Crippen LogP contribution >= 0.6 is 15.9 Å². The zero-order chi connectivity index (χ0) is 13.4. The van der Waals surface area contributed by atoms with Crippen LogP contribution in [0.15, 0.2) is 10.8 Å². The van der Waals surface area contributed by atoms with Gasteiger partial charge in [0.1, 0.15) is 22.4 Å². The number of hydrogen-bond acceptors (Lipinski definition) is 6. The first-order chi connectivity index (χ1) is 8.69. The van der Waals surface area contributed by atoms with Crippen molar-refractivity contribution in [3.63, 3.8) is 0 Å². The number of methoxy groups -OCH3 is 1. The summed E-state index contributed by atoms with van der Waals surface area (Å²) >= 11 is 3.47. The van der Waals surface area contributed by atoms with Gasteiger partial charge in [0, 0.05) is 33.8 Å². The Hall–Kier alpha value is -0.920. The average molecular weight is 318 g/mol. The number of likely N-dealkylation sites (N-methyl/N-ethyl adjacent to an activating group) is 1. The predicted octanol–water partition coefficient (Wildman–Crippen LogP) is 1.27. The minimum absolute atomic E-state index is 0.748. The molecule has 0 bridgehead atoms. The molecule has 102 valence electrons. The first-order valence-electron chi connectivity index (χ1n) is 5.78. The van der Waals surface area contributed by atoms with Gasteiger partial charge in [-0.15, -0.1) is 0 Å². The molecule has 0 unspecified atom stereocenters. The van der Waals surface area contributed by atoms with Gasteiger partial charge < -0.3 is 20.3 Å². The van der Waals surface area contributed by atoms with Gasteiger partial charge in [-0.3, -0.25) is 0 Å². The van der Waals surface area contributed by atoms with E-state index in [0.717, 1.165) is 42.3 Å². The second-order valence-corrected chi connectivity index (χ2v) is 4.65. The molecule has 6 nitrogen and oxygen atoms in total. The summed E-state index contributed by atoms with van der Waals surface area (Å²) < 4.78 is 5.88. The van der Waals surface area contributed by atoms with Crippen LogP contribution in [0.4, 0.5) is 11.6 Å². The molecule has 0 aliphatic carbocycles. The molecule has 0 aliphatic rings. The van der Waals surface area contributed by atoms with Gasteiger partial charge in [-0.1, -0.05) is 0 Å². The topological polar surface area (TPSA) is 62.3 Å². The van der Waals surface area contributed by atoms with Crippen molar-refractivity contribution in [3.8, 4) is 0 Å². The van der Waals surface area contributed by atoms with Crippen molar-refractivity contribution >= 4 is 27.6 Å². The van der Waals surface area contributed by atoms with Crippen LogP contribution in [0.25, 0.3) is 0 Å². The highest BCUT2D eigenvalue weighted by Gasteiger charge is 2.06. The highest BCUT2D eigenvalue weighted by molar-refractivity contribution is 9.10. The Morgan fingerprint density at radius 2 is 2.06 bits per heavy atom. The summed E-state index contributed by atoms with van der Waals surface area (Å²) in [6, 6.07) is 0. The van der Waals surface area contributed by atoms with Gasteiger partial charge in [-0.2, -0.15) is 0 Å². The van der Waals surface area contributed by atoms with Crippen molar-refractivity contribution < 1.29 is 4.74 Å². The molecular formula is C11H20BrN5O. The van der Waals surface area contributed by atoms with Crippen molar-refractivity contribution in [3.05, 3.63) is 10.8 Å². The maximum atomic E-state index is 5.03. The van der Waals surface area contributed by atoms with Crippen LogP contribution in [0.1, 0.15) is 0 Å². The van der Waals surface area contributed by atoms with Gasteiger partial charge in [0.2, 0.25) is 0 Å². The third-order valence-corrected chi connectivity index (χ3v) is 3.24. The third kappa shape index (κ3) is 4.75. The lowest BCUT2D eigenvalue weighted by Gasteiger charge is -2.17. The lowest BCUT2D eigenvalue weighted by molar-refractivity contribution is 0.163. The number of halogens is 1. The van der Waals surface area contributed by atoms with Gasteiger partial charge in [0.25, 0.3) is 0 Å². The van der Waals surface area contributed by atoms with Crippen LogP contribution in [0, 0.1) is 0 Å². The number of hydrogen-bond donors (Lipinski definition) is 2. The molecule has 0 saturated heterocycles. The molecular weight excluding hydrogens is 298 g/mol. The second-order valence-electron chi connectivity index (χ2n) is 3.86. The fourth-order valence-electron chi connectivity index (χ4n) is 1.39. The molecule has 0 radical (unpaired) electrons. The van der Waals surface area contributed by atoms with Crippen molar-refractivity contribution in [2.24, 2.45) is 0 Å². The highest BCUT2D eigenvalue weighted by Crippen LogP contribution is 2.25. The minimum Gasteiger partial charge on any atom is -0.383 e. The number of rotatable bonds is 8.